The maximum Gasteiger partial charge on any atom is 0.416 e. The topological polar surface area (TPSA) is 120 Å². The van der Waals surface area contributed by atoms with Gasteiger partial charge in [0.1, 0.15) is 17.7 Å². The van der Waals surface area contributed by atoms with E-state index in [1.54, 1.807) is 6.07 Å². The molecule has 0 radical (unpaired) electrons. The van der Waals surface area contributed by atoms with E-state index < -0.39 is 29.6 Å². The Morgan fingerprint density at radius 2 is 1.38 bits per heavy atom. The Morgan fingerprint density at radius 1 is 0.850 bits per heavy atom. The Bertz CT molecular complexity index is 1540. The SMILES string of the molecule is CC(=O)N1CC(N)N=C1c1ccnn1-c1cccc(C(F)(F)F)c1.Nc1ccnn1-c1cccc(C(F)(F)F)c1. The van der Waals surface area contributed by atoms with Crippen molar-refractivity contribution < 1.29 is 31.1 Å². The predicted molar refractivity (Wildman–Crippen MR) is 133 cm³/mol. The maximum absolute atomic E-state index is 12.9. The molecule has 40 heavy (non-hydrogen) atoms. The number of benzene rings is 2. The summed E-state index contributed by atoms with van der Waals surface area (Å²) < 4.78 is 78.6. The molecule has 4 aromatic rings. The second-order valence-corrected chi connectivity index (χ2v) is 8.54. The minimum atomic E-state index is -4.46. The van der Waals surface area contributed by atoms with Gasteiger partial charge in [0.15, 0.2) is 5.84 Å². The Hall–Kier alpha value is -4.66. The number of halogens is 6. The van der Waals surface area contributed by atoms with Crippen molar-refractivity contribution in [3.05, 3.63) is 89.9 Å². The van der Waals surface area contributed by atoms with Crippen LogP contribution in [-0.2, 0) is 17.1 Å². The first kappa shape index (κ1) is 28.4. The number of alkyl halides is 6. The second kappa shape index (κ2) is 10.8. The fraction of sp³-hybridized carbons (Fsp3) is 0.200. The van der Waals surface area contributed by atoms with Gasteiger partial charge >= 0.3 is 12.4 Å². The molecule has 1 atom stereocenters. The van der Waals surface area contributed by atoms with E-state index in [9.17, 15) is 31.1 Å². The Morgan fingerprint density at radius 3 is 1.88 bits per heavy atom. The molecule has 210 valence electrons. The average Bonchev–Trinajstić information content (AvgIpc) is 3.63. The Balaban J connectivity index is 0.000000201. The molecule has 1 aliphatic rings. The van der Waals surface area contributed by atoms with Crippen molar-refractivity contribution in [2.24, 2.45) is 10.7 Å². The molecule has 2 aromatic heterocycles. The van der Waals surface area contributed by atoms with Crippen LogP contribution < -0.4 is 11.5 Å². The zero-order chi connectivity index (χ0) is 29.2. The average molecular weight is 564 g/mol. The van der Waals surface area contributed by atoms with Crippen molar-refractivity contribution in [3.8, 4) is 11.4 Å². The summed E-state index contributed by atoms with van der Waals surface area (Å²) in [5.41, 5.74) is 10.7. The predicted octanol–water partition coefficient (Wildman–Crippen LogP) is 4.26. The molecule has 0 aliphatic carbocycles. The van der Waals surface area contributed by atoms with E-state index in [1.807, 2.05) is 0 Å². The van der Waals surface area contributed by atoms with Crippen molar-refractivity contribution in [1.82, 2.24) is 24.5 Å². The standard InChI is InChI=1S/C15H14F3N5O.C10H8F3N3/c1-9(24)22-8-13(19)21-14(22)12-5-6-20-23(12)11-4-2-3-10(7-11)15(16,17)18;11-10(12,13)7-2-1-3-8(6-7)16-9(14)4-5-15-16/h2-7,13H,8,19H2,1H3;1-6H,14H2. The number of amidine groups is 1. The fourth-order valence-corrected chi connectivity index (χ4v) is 3.86. The van der Waals surface area contributed by atoms with Crippen LogP contribution in [0.15, 0.2) is 78.0 Å². The number of hydrogen-bond acceptors (Lipinski definition) is 6. The van der Waals surface area contributed by atoms with Crippen molar-refractivity contribution in [1.29, 1.82) is 0 Å². The molecule has 0 saturated carbocycles. The summed E-state index contributed by atoms with van der Waals surface area (Å²) in [5, 5.41) is 7.90. The molecule has 4 N–H and O–H groups in total. The number of anilines is 1. The van der Waals surface area contributed by atoms with E-state index in [0.29, 0.717) is 17.3 Å². The first-order chi connectivity index (χ1) is 18.8. The van der Waals surface area contributed by atoms with E-state index in [1.165, 1.54) is 63.9 Å². The lowest BCUT2D eigenvalue weighted by molar-refractivity contribution is -0.138. The lowest BCUT2D eigenvalue weighted by Crippen LogP contribution is -2.36. The van der Waals surface area contributed by atoms with Crippen LogP contribution in [0.25, 0.3) is 11.4 Å². The molecule has 1 unspecified atom stereocenters. The molecule has 3 heterocycles. The molecule has 2 aromatic carbocycles. The Labute approximate surface area is 223 Å². The summed E-state index contributed by atoms with van der Waals surface area (Å²) in [6, 6.07) is 12.7. The first-order valence-corrected chi connectivity index (χ1v) is 11.6. The van der Waals surface area contributed by atoms with Crippen molar-refractivity contribution >= 4 is 17.6 Å². The van der Waals surface area contributed by atoms with Crippen LogP contribution in [0.3, 0.4) is 0 Å². The summed E-state index contributed by atoms with van der Waals surface area (Å²) in [4.78, 5) is 17.3. The number of nitrogens with zero attached hydrogens (tertiary/aromatic N) is 6. The van der Waals surface area contributed by atoms with E-state index in [4.69, 9.17) is 11.5 Å². The van der Waals surface area contributed by atoms with Crippen LogP contribution in [0.4, 0.5) is 32.2 Å². The maximum atomic E-state index is 12.9. The molecule has 1 aliphatic heterocycles. The van der Waals surface area contributed by atoms with Gasteiger partial charge in [-0.15, -0.1) is 0 Å². The van der Waals surface area contributed by atoms with Crippen molar-refractivity contribution in [3.63, 3.8) is 0 Å². The molecule has 15 heteroatoms. The third kappa shape index (κ3) is 6.14. The minimum absolute atomic E-state index is 0.219. The highest BCUT2D eigenvalue weighted by Crippen LogP contribution is 2.31. The van der Waals surface area contributed by atoms with Gasteiger partial charge in [-0.05, 0) is 42.5 Å². The zero-order valence-corrected chi connectivity index (χ0v) is 20.7. The highest BCUT2D eigenvalue weighted by atomic mass is 19.4. The summed E-state index contributed by atoms with van der Waals surface area (Å²) in [6.07, 6.45) is -6.54. The number of amides is 1. The molecular weight excluding hydrogens is 542 g/mol. The highest BCUT2D eigenvalue weighted by Gasteiger charge is 2.32. The van der Waals surface area contributed by atoms with Crippen LogP contribution in [0.5, 0.6) is 0 Å². The molecule has 9 nitrogen and oxygen atoms in total. The van der Waals surface area contributed by atoms with Crippen LogP contribution in [0.1, 0.15) is 23.7 Å². The first-order valence-electron chi connectivity index (χ1n) is 11.6. The number of hydrogen-bond donors (Lipinski definition) is 2. The van der Waals surface area contributed by atoms with Crippen LogP contribution in [0.2, 0.25) is 0 Å². The van der Waals surface area contributed by atoms with Gasteiger partial charge in [0, 0.05) is 13.0 Å². The van der Waals surface area contributed by atoms with Crippen molar-refractivity contribution in [2.45, 2.75) is 25.4 Å². The van der Waals surface area contributed by atoms with E-state index in [2.05, 4.69) is 15.2 Å². The molecule has 1 amide bonds. The van der Waals surface area contributed by atoms with Gasteiger partial charge in [-0.25, -0.2) is 14.4 Å². The summed E-state index contributed by atoms with van der Waals surface area (Å²) in [6.45, 7) is 1.59. The number of aliphatic imine (C=N–C) groups is 1. The quantitative estimate of drug-likeness (QED) is 0.361. The normalized spacial score (nSPS) is 15.4. The van der Waals surface area contributed by atoms with Crippen molar-refractivity contribution in [2.75, 3.05) is 12.3 Å². The van der Waals surface area contributed by atoms with Gasteiger partial charge in [0.2, 0.25) is 5.91 Å². The number of rotatable bonds is 3. The number of carbonyl (C=O) groups excluding carboxylic acids is 1. The third-order valence-electron chi connectivity index (χ3n) is 5.67. The number of aromatic nitrogens is 4. The lowest BCUT2D eigenvalue weighted by atomic mass is 10.2. The summed E-state index contributed by atoms with van der Waals surface area (Å²) in [5.74, 6) is 0.336. The lowest BCUT2D eigenvalue weighted by Gasteiger charge is -2.17. The number of nitrogen functional groups attached to an aromatic ring is 1. The van der Waals surface area contributed by atoms with E-state index in [-0.39, 0.29) is 23.8 Å². The molecular formula is C25H22F6N8O. The molecule has 0 spiro atoms. The largest absolute Gasteiger partial charge is 0.416 e. The van der Waals surface area contributed by atoms with Crippen LogP contribution in [0, 0.1) is 0 Å². The molecule has 0 bridgehead atoms. The monoisotopic (exact) mass is 564 g/mol. The fourth-order valence-electron chi connectivity index (χ4n) is 3.86. The highest BCUT2D eigenvalue weighted by molar-refractivity contribution is 6.07. The summed E-state index contributed by atoms with van der Waals surface area (Å²) >= 11 is 0. The molecule has 5 rings (SSSR count). The minimum Gasteiger partial charge on any atom is -0.384 e. The zero-order valence-electron chi connectivity index (χ0n) is 20.7. The number of carbonyl (C=O) groups is 1. The van der Waals surface area contributed by atoms with Crippen LogP contribution in [-0.4, -0.2) is 48.9 Å². The smallest absolute Gasteiger partial charge is 0.384 e. The third-order valence-corrected chi connectivity index (χ3v) is 5.67. The van der Waals surface area contributed by atoms with E-state index in [0.717, 1.165) is 24.3 Å². The van der Waals surface area contributed by atoms with E-state index >= 15 is 0 Å². The van der Waals surface area contributed by atoms with Gasteiger partial charge in [-0.2, -0.15) is 36.5 Å². The van der Waals surface area contributed by atoms with Gasteiger partial charge in [0.05, 0.1) is 41.4 Å². The number of nitrogens with two attached hydrogens (primary N) is 2. The molecule has 0 fully saturated rings. The summed E-state index contributed by atoms with van der Waals surface area (Å²) in [7, 11) is 0. The Kier molecular flexibility index (Phi) is 7.68. The van der Waals surface area contributed by atoms with Gasteiger partial charge in [-0.1, -0.05) is 12.1 Å². The second-order valence-electron chi connectivity index (χ2n) is 8.54. The van der Waals surface area contributed by atoms with Gasteiger partial charge in [-0.3, -0.25) is 9.69 Å². The molecule has 0 saturated heterocycles. The van der Waals surface area contributed by atoms with Gasteiger partial charge < -0.3 is 11.5 Å². The van der Waals surface area contributed by atoms with Gasteiger partial charge in [0.25, 0.3) is 0 Å². The van der Waals surface area contributed by atoms with Crippen LogP contribution >= 0.6 is 0 Å².